The Morgan fingerprint density at radius 1 is 1.17 bits per heavy atom. The van der Waals surface area contributed by atoms with Crippen LogP contribution in [0.4, 0.5) is 4.79 Å². The SMILES string of the molecule is CCN(CC)C(=O)N[C@H](C(=O)N1CCc2ccccc2C1)C(C)C. The highest BCUT2D eigenvalue weighted by Gasteiger charge is 2.31. The summed E-state index contributed by atoms with van der Waals surface area (Å²) in [7, 11) is 0. The highest BCUT2D eigenvalue weighted by molar-refractivity contribution is 5.87. The number of nitrogens with one attached hydrogen (secondary N) is 1. The van der Waals surface area contributed by atoms with Crippen molar-refractivity contribution in [1.29, 1.82) is 0 Å². The third-order valence-electron chi connectivity index (χ3n) is 4.70. The molecule has 5 heteroatoms. The fourth-order valence-electron chi connectivity index (χ4n) is 3.13. The van der Waals surface area contributed by atoms with Gasteiger partial charge in [0, 0.05) is 26.2 Å². The van der Waals surface area contributed by atoms with Gasteiger partial charge in [-0.25, -0.2) is 4.79 Å². The van der Waals surface area contributed by atoms with Crippen LogP contribution in [0, 0.1) is 5.92 Å². The summed E-state index contributed by atoms with van der Waals surface area (Å²) in [6.45, 7) is 10.4. The van der Waals surface area contributed by atoms with Crippen LogP contribution in [0.2, 0.25) is 0 Å². The molecule has 1 aliphatic heterocycles. The van der Waals surface area contributed by atoms with Crippen LogP contribution in [-0.2, 0) is 17.8 Å². The van der Waals surface area contributed by atoms with E-state index < -0.39 is 6.04 Å². The maximum Gasteiger partial charge on any atom is 0.318 e. The summed E-state index contributed by atoms with van der Waals surface area (Å²) in [5.41, 5.74) is 2.52. The molecule has 1 heterocycles. The molecular weight excluding hydrogens is 302 g/mol. The molecule has 1 aromatic carbocycles. The molecule has 1 aliphatic rings. The molecule has 3 amide bonds. The average molecular weight is 331 g/mol. The summed E-state index contributed by atoms with van der Waals surface area (Å²) in [4.78, 5) is 28.9. The molecule has 0 saturated carbocycles. The van der Waals surface area contributed by atoms with Gasteiger partial charge in [0.2, 0.25) is 5.91 Å². The minimum absolute atomic E-state index is 0.0139. The number of nitrogens with zero attached hydrogens (tertiary/aromatic N) is 2. The Balaban J connectivity index is 2.08. The van der Waals surface area contributed by atoms with Crippen LogP contribution in [0.1, 0.15) is 38.8 Å². The Morgan fingerprint density at radius 2 is 1.79 bits per heavy atom. The summed E-state index contributed by atoms with van der Waals surface area (Å²) in [6.07, 6.45) is 0.872. The van der Waals surface area contributed by atoms with Crippen molar-refractivity contribution in [2.45, 2.75) is 46.7 Å². The van der Waals surface area contributed by atoms with Gasteiger partial charge in [0.15, 0.2) is 0 Å². The molecule has 0 saturated heterocycles. The number of rotatable bonds is 5. The largest absolute Gasteiger partial charge is 0.336 e. The Bertz CT molecular complexity index is 582. The van der Waals surface area contributed by atoms with Crippen LogP contribution in [0.15, 0.2) is 24.3 Å². The molecule has 0 aromatic heterocycles. The van der Waals surface area contributed by atoms with Crippen molar-refractivity contribution in [3.05, 3.63) is 35.4 Å². The van der Waals surface area contributed by atoms with Gasteiger partial charge in [-0.15, -0.1) is 0 Å². The lowest BCUT2D eigenvalue weighted by Crippen LogP contribution is -2.55. The van der Waals surface area contributed by atoms with Crippen molar-refractivity contribution in [3.63, 3.8) is 0 Å². The molecular formula is C19H29N3O2. The molecule has 0 radical (unpaired) electrons. The van der Waals surface area contributed by atoms with Crippen molar-refractivity contribution in [3.8, 4) is 0 Å². The van der Waals surface area contributed by atoms with Gasteiger partial charge in [0.1, 0.15) is 6.04 Å². The first kappa shape index (κ1) is 18.3. The summed E-state index contributed by atoms with van der Waals surface area (Å²) in [5.74, 6) is 0.0641. The Hall–Kier alpha value is -2.04. The Morgan fingerprint density at radius 3 is 2.38 bits per heavy atom. The van der Waals surface area contributed by atoms with Crippen LogP contribution >= 0.6 is 0 Å². The first-order chi connectivity index (χ1) is 11.5. The highest BCUT2D eigenvalue weighted by Crippen LogP contribution is 2.20. The summed E-state index contributed by atoms with van der Waals surface area (Å²) < 4.78 is 0. The number of benzene rings is 1. The molecule has 0 spiro atoms. The van der Waals surface area contributed by atoms with E-state index in [1.165, 1.54) is 11.1 Å². The fraction of sp³-hybridized carbons (Fsp3) is 0.579. The van der Waals surface area contributed by atoms with E-state index in [9.17, 15) is 9.59 Å². The zero-order valence-corrected chi connectivity index (χ0v) is 15.2. The van der Waals surface area contributed by atoms with E-state index in [1.54, 1.807) is 4.90 Å². The highest BCUT2D eigenvalue weighted by atomic mass is 16.2. The van der Waals surface area contributed by atoms with Gasteiger partial charge in [-0.3, -0.25) is 4.79 Å². The van der Waals surface area contributed by atoms with Crippen molar-refractivity contribution in [1.82, 2.24) is 15.1 Å². The predicted octanol–water partition coefficient (Wildman–Crippen LogP) is 2.65. The van der Waals surface area contributed by atoms with E-state index in [1.807, 2.05) is 44.7 Å². The second-order valence-electron chi connectivity index (χ2n) is 6.62. The van der Waals surface area contributed by atoms with Gasteiger partial charge in [0.25, 0.3) is 0 Å². The van der Waals surface area contributed by atoms with Crippen LogP contribution in [0.25, 0.3) is 0 Å². The molecule has 1 atom stereocenters. The van der Waals surface area contributed by atoms with Gasteiger partial charge in [-0.1, -0.05) is 38.1 Å². The molecule has 0 aliphatic carbocycles. The third kappa shape index (κ3) is 4.08. The monoisotopic (exact) mass is 331 g/mol. The van der Waals surface area contributed by atoms with Gasteiger partial charge in [-0.05, 0) is 37.3 Å². The molecule has 24 heavy (non-hydrogen) atoms. The number of hydrogen-bond acceptors (Lipinski definition) is 2. The summed E-state index contributed by atoms with van der Waals surface area (Å²) in [6, 6.07) is 7.60. The Labute approximate surface area is 145 Å². The molecule has 132 valence electrons. The van der Waals surface area contributed by atoms with Crippen molar-refractivity contribution >= 4 is 11.9 Å². The maximum atomic E-state index is 13.0. The first-order valence-electron chi connectivity index (χ1n) is 8.88. The number of carbonyl (C=O) groups excluding carboxylic acids is 2. The molecule has 0 fully saturated rings. The molecule has 1 N–H and O–H groups in total. The zero-order valence-electron chi connectivity index (χ0n) is 15.2. The van der Waals surface area contributed by atoms with Crippen LogP contribution in [-0.4, -0.2) is 47.4 Å². The predicted molar refractivity (Wildman–Crippen MR) is 95.6 cm³/mol. The smallest absolute Gasteiger partial charge is 0.318 e. The number of fused-ring (bicyclic) bond motifs is 1. The molecule has 1 aromatic rings. The van der Waals surface area contributed by atoms with Crippen molar-refractivity contribution < 1.29 is 9.59 Å². The van der Waals surface area contributed by atoms with Gasteiger partial charge in [-0.2, -0.15) is 0 Å². The van der Waals surface area contributed by atoms with Gasteiger partial charge in [0.05, 0.1) is 0 Å². The minimum Gasteiger partial charge on any atom is -0.336 e. The van der Waals surface area contributed by atoms with Crippen LogP contribution in [0.3, 0.4) is 0 Å². The Kier molecular flexibility index (Phi) is 6.23. The number of urea groups is 1. The van der Waals surface area contributed by atoms with Gasteiger partial charge >= 0.3 is 6.03 Å². The van der Waals surface area contributed by atoms with Crippen molar-refractivity contribution in [2.24, 2.45) is 5.92 Å². The van der Waals surface area contributed by atoms with Crippen LogP contribution in [0.5, 0.6) is 0 Å². The van der Waals surface area contributed by atoms with E-state index >= 15 is 0 Å². The zero-order chi connectivity index (χ0) is 17.7. The lowest BCUT2D eigenvalue weighted by Gasteiger charge is -2.34. The van der Waals surface area contributed by atoms with E-state index in [0.29, 0.717) is 26.2 Å². The first-order valence-corrected chi connectivity index (χ1v) is 8.88. The number of hydrogen-bond donors (Lipinski definition) is 1. The maximum absolute atomic E-state index is 13.0. The quantitative estimate of drug-likeness (QED) is 0.902. The molecule has 2 rings (SSSR count). The van der Waals surface area contributed by atoms with E-state index in [4.69, 9.17) is 0 Å². The third-order valence-corrected chi connectivity index (χ3v) is 4.70. The van der Waals surface area contributed by atoms with E-state index in [-0.39, 0.29) is 17.9 Å². The van der Waals surface area contributed by atoms with E-state index in [2.05, 4.69) is 17.4 Å². The second-order valence-corrected chi connectivity index (χ2v) is 6.62. The topological polar surface area (TPSA) is 52.7 Å². The normalized spacial score (nSPS) is 15.0. The summed E-state index contributed by atoms with van der Waals surface area (Å²) >= 11 is 0. The standard InChI is InChI=1S/C19H29N3O2/c1-5-21(6-2)19(24)20-17(14(3)4)18(23)22-12-11-15-9-7-8-10-16(15)13-22/h7-10,14,17H,5-6,11-13H2,1-4H3,(H,20,24)/t17-/m0/s1. The number of amides is 3. The molecule has 5 nitrogen and oxygen atoms in total. The summed E-state index contributed by atoms with van der Waals surface area (Å²) in [5, 5.41) is 2.94. The minimum atomic E-state index is -0.483. The van der Waals surface area contributed by atoms with Crippen molar-refractivity contribution in [2.75, 3.05) is 19.6 Å². The second kappa shape index (κ2) is 8.18. The molecule has 0 bridgehead atoms. The fourth-order valence-corrected chi connectivity index (χ4v) is 3.13. The number of carbonyl (C=O) groups is 2. The van der Waals surface area contributed by atoms with Gasteiger partial charge < -0.3 is 15.1 Å². The van der Waals surface area contributed by atoms with E-state index in [0.717, 1.165) is 6.42 Å². The average Bonchev–Trinajstić information content (AvgIpc) is 2.59. The lowest BCUT2D eigenvalue weighted by molar-refractivity contribution is -0.135. The lowest BCUT2D eigenvalue weighted by atomic mass is 9.97. The molecule has 0 unspecified atom stereocenters. The van der Waals surface area contributed by atoms with Crippen LogP contribution < -0.4 is 5.32 Å².